The fourth-order valence-corrected chi connectivity index (χ4v) is 2.68. The van der Waals surface area contributed by atoms with Gasteiger partial charge in [0.2, 0.25) is 0 Å². The van der Waals surface area contributed by atoms with Crippen LogP contribution in [-0.4, -0.2) is 32.6 Å². The number of anilines is 2. The Morgan fingerprint density at radius 2 is 1.45 bits per heavy atom. The van der Waals surface area contributed by atoms with Gasteiger partial charge in [0.25, 0.3) is 11.8 Å². The zero-order valence-electron chi connectivity index (χ0n) is 17.0. The summed E-state index contributed by atoms with van der Waals surface area (Å²) in [6.07, 6.45) is 0. The lowest BCUT2D eigenvalue weighted by Crippen LogP contribution is -2.20. The van der Waals surface area contributed by atoms with Crippen LogP contribution in [0.25, 0.3) is 0 Å². The van der Waals surface area contributed by atoms with E-state index in [1.54, 1.807) is 37.4 Å². The van der Waals surface area contributed by atoms with E-state index in [1.165, 1.54) is 43.5 Å². The number of amides is 2. The van der Waals surface area contributed by atoms with Crippen molar-refractivity contribution in [1.29, 1.82) is 0 Å². The van der Waals surface area contributed by atoms with Crippen molar-refractivity contribution in [3.05, 3.63) is 78.1 Å². The molecule has 0 spiro atoms. The van der Waals surface area contributed by atoms with E-state index in [-0.39, 0.29) is 12.5 Å². The topological polar surface area (TPSA) is 85.9 Å². The van der Waals surface area contributed by atoms with Gasteiger partial charge in [-0.2, -0.15) is 0 Å². The van der Waals surface area contributed by atoms with Gasteiger partial charge in [0.05, 0.1) is 14.2 Å². The molecule has 0 aliphatic heterocycles. The molecule has 160 valence electrons. The molecule has 0 radical (unpaired) electrons. The SMILES string of the molecule is COc1ccc(NC(=O)COc2ccc(C(=O)Nc3ccc(F)cc3)cc2OC)cc1. The van der Waals surface area contributed by atoms with Gasteiger partial charge in [0, 0.05) is 16.9 Å². The molecule has 3 aromatic carbocycles. The highest BCUT2D eigenvalue weighted by molar-refractivity contribution is 6.04. The molecule has 0 bridgehead atoms. The lowest BCUT2D eigenvalue weighted by Gasteiger charge is -2.13. The summed E-state index contributed by atoms with van der Waals surface area (Å²) < 4.78 is 28.9. The van der Waals surface area contributed by atoms with Gasteiger partial charge in [-0.1, -0.05) is 0 Å². The molecule has 0 heterocycles. The first-order chi connectivity index (χ1) is 15.0. The smallest absolute Gasteiger partial charge is 0.262 e. The molecule has 0 aromatic heterocycles. The summed E-state index contributed by atoms with van der Waals surface area (Å²) >= 11 is 0. The van der Waals surface area contributed by atoms with Gasteiger partial charge >= 0.3 is 0 Å². The third-order valence-electron chi connectivity index (χ3n) is 4.26. The lowest BCUT2D eigenvalue weighted by molar-refractivity contribution is -0.118. The van der Waals surface area contributed by atoms with Crippen molar-refractivity contribution in [2.24, 2.45) is 0 Å². The van der Waals surface area contributed by atoms with E-state index in [0.29, 0.717) is 34.2 Å². The molecular weight excluding hydrogens is 403 g/mol. The van der Waals surface area contributed by atoms with Crippen LogP contribution < -0.4 is 24.8 Å². The average molecular weight is 424 g/mol. The van der Waals surface area contributed by atoms with Gasteiger partial charge < -0.3 is 24.8 Å². The van der Waals surface area contributed by atoms with Crippen molar-refractivity contribution in [2.75, 3.05) is 31.5 Å². The van der Waals surface area contributed by atoms with E-state index in [0.717, 1.165) is 0 Å². The van der Waals surface area contributed by atoms with Crippen molar-refractivity contribution in [1.82, 2.24) is 0 Å². The summed E-state index contributed by atoms with van der Waals surface area (Å²) in [5.74, 6) is 0.147. The molecule has 2 amide bonds. The zero-order chi connectivity index (χ0) is 22.2. The molecule has 0 saturated heterocycles. The van der Waals surface area contributed by atoms with E-state index in [1.807, 2.05) is 0 Å². The van der Waals surface area contributed by atoms with E-state index < -0.39 is 11.7 Å². The van der Waals surface area contributed by atoms with Gasteiger partial charge in [-0.15, -0.1) is 0 Å². The average Bonchev–Trinajstić information content (AvgIpc) is 2.79. The maximum Gasteiger partial charge on any atom is 0.262 e. The summed E-state index contributed by atoms with van der Waals surface area (Å²) in [4.78, 5) is 24.6. The summed E-state index contributed by atoms with van der Waals surface area (Å²) in [6.45, 7) is -0.247. The van der Waals surface area contributed by atoms with Crippen LogP contribution >= 0.6 is 0 Å². The fourth-order valence-electron chi connectivity index (χ4n) is 2.68. The number of rotatable bonds is 8. The molecule has 8 heteroatoms. The van der Waals surface area contributed by atoms with Crippen LogP contribution in [0.4, 0.5) is 15.8 Å². The van der Waals surface area contributed by atoms with Crippen LogP contribution in [-0.2, 0) is 4.79 Å². The number of benzene rings is 3. The normalized spacial score (nSPS) is 10.2. The molecule has 0 fully saturated rings. The number of carbonyl (C=O) groups excluding carboxylic acids is 2. The van der Waals surface area contributed by atoms with Crippen LogP contribution in [0.5, 0.6) is 17.2 Å². The summed E-state index contributed by atoms with van der Waals surface area (Å²) in [5, 5.41) is 5.38. The molecule has 2 N–H and O–H groups in total. The van der Waals surface area contributed by atoms with E-state index in [4.69, 9.17) is 14.2 Å². The number of hydrogen-bond donors (Lipinski definition) is 2. The predicted octanol–water partition coefficient (Wildman–Crippen LogP) is 4.11. The van der Waals surface area contributed by atoms with Gasteiger partial charge in [-0.05, 0) is 66.7 Å². The molecule has 3 aromatic rings. The number of ether oxygens (including phenoxy) is 3. The molecule has 3 rings (SSSR count). The third-order valence-corrected chi connectivity index (χ3v) is 4.26. The largest absolute Gasteiger partial charge is 0.497 e. The van der Waals surface area contributed by atoms with Crippen molar-refractivity contribution in [3.8, 4) is 17.2 Å². The second-order valence-corrected chi connectivity index (χ2v) is 6.39. The molecular formula is C23H21FN2O5. The fraction of sp³-hybridized carbons (Fsp3) is 0.130. The molecule has 0 unspecified atom stereocenters. The van der Waals surface area contributed by atoms with Crippen LogP contribution in [0.15, 0.2) is 66.7 Å². The highest BCUT2D eigenvalue weighted by atomic mass is 19.1. The zero-order valence-corrected chi connectivity index (χ0v) is 17.0. The third kappa shape index (κ3) is 5.96. The van der Waals surface area contributed by atoms with Crippen LogP contribution in [0.1, 0.15) is 10.4 Å². The van der Waals surface area contributed by atoms with Gasteiger partial charge in [-0.3, -0.25) is 9.59 Å². The Balaban J connectivity index is 1.60. The Hall–Kier alpha value is -4.07. The van der Waals surface area contributed by atoms with Gasteiger partial charge in [-0.25, -0.2) is 4.39 Å². The van der Waals surface area contributed by atoms with Crippen LogP contribution in [0.3, 0.4) is 0 Å². The standard InChI is InChI=1S/C23H21FN2O5/c1-29-19-10-8-17(9-11-19)25-22(27)14-31-20-12-3-15(13-21(20)30-2)23(28)26-18-6-4-16(24)5-7-18/h3-13H,14H2,1-2H3,(H,25,27)(H,26,28). The quantitative estimate of drug-likeness (QED) is 0.568. The second-order valence-electron chi connectivity index (χ2n) is 6.39. The first-order valence-electron chi connectivity index (χ1n) is 9.30. The van der Waals surface area contributed by atoms with Crippen molar-refractivity contribution in [3.63, 3.8) is 0 Å². The maximum absolute atomic E-state index is 13.0. The Kier molecular flexibility index (Phi) is 7.05. The number of nitrogens with one attached hydrogen (secondary N) is 2. The highest BCUT2D eigenvalue weighted by Crippen LogP contribution is 2.28. The first-order valence-corrected chi connectivity index (χ1v) is 9.30. The van der Waals surface area contributed by atoms with Crippen molar-refractivity contribution >= 4 is 23.2 Å². The summed E-state index contributed by atoms with van der Waals surface area (Å²) in [6, 6.07) is 16.9. The molecule has 0 atom stereocenters. The Bertz CT molecular complexity index is 1050. The first kappa shape index (κ1) is 21.6. The minimum Gasteiger partial charge on any atom is -0.497 e. The van der Waals surface area contributed by atoms with Crippen LogP contribution in [0.2, 0.25) is 0 Å². The number of halogens is 1. The maximum atomic E-state index is 13.0. The minimum absolute atomic E-state index is 0.247. The Morgan fingerprint density at radius 3 is 2.10 bits per heavy atom. The molecule has 31 heavy (non-hydrogen) atoms. The molecule has 7 nitrogen and oxygen atoms in total. The molecule has 0 aliphatic carbocycles. The van der Waals surface area contributed by atoms with E-state index in [9.17, 15) is 14.0 Å². The molecule has 0 saturated carbocycles. The van der Waals surface area contributed by atoms with Crippen molar-refractivity contribution in [2.45, 2.75) is 0 Å². The van der Waals surface area contributed by atoms with Crippen LogP contribution in [0, 0.1) is 5.82 Å². The number of methoxy groups -OCH3 is 2. The highest BCUT2D eigenvalue weighted by Gasteiger charge is 2.13. The van der Waals surface area contributed by atoms with Crippen molar-refractivity contribution < 1.29 is 28.2 Å². The Morgan fingerprint density at radius 1 is 0.806 bits per heavy atom. The number of carbonyl (C=O) groups is 2. The van der Waals surface area contributed by atoms with E-state index in [2.05, 4.69) is 10.6 Å². The van der Waals surface area contributed by atoms with E-state index >= 15 is 0 Å². The monoisotopic (exact) mass is 424 g/mol. The van der Waals surface area contributed by atoms with Gasteiger partial charge in [0.15, 0.2) is 18.1 Å². The predicted molar refractivity (Wildman–Crippen MR) is 114 cm³/mol. The van der Waals surface area contributed by atoms with Gasteiger partial charge in [0.1, 0.15) is 11.6 Å². The molecule has 0 aliphatic rings. The number of hydrogen-bond acceptors (Lipinski definition) is 5. The second kappa shape index (κ2) is 10.1. The lowest BCUT2D eigenvalue weighted by atomic mass is 10.2. The summed E-state index contributed by atoms with van der Waals surface area (Å²) in [5.41, 5.74) is 1.38. The Labute approximate surface area is 178 Å². The summed E-state index contributed by atoms with van der Waals surface area (Å²) in [7, 11) is 2.99. The minimum atomic E-state index is -0.395.